The molecule has 0 aliphatic carbocycles. The minimum Gasteiger partial charge on any atom is -0.342 e. The van der Waals surface area contributed by atoms with Gasteiger partial charge in [0, 0.05) is 34.2 Å². The number of carbonyl (C=O) groups is 2. The molecule has 0 saturated carbocycles. The molecule has 0 aliphatic rings. The number of hydrogen-bond donors (Lipinski definition) is 0. The highest BCUT2D eigenvalue weighted by molar-refractivity contribution is 5.83. The van der Waals surface area contributed by atoms with Gasteiger partial charge in [0.05, 0.1) is 0 Å². The summed E-state index contributed by atoms with van der Waals surface area (Å²) >= 11 is 0. The molecule has 5 heteroatoms. The second kappa shape index (κ2) is 6.27. The van der Waals surface area contributed by atoms with Crippen LogP contribution in [-0.4, -0.2) is 67.4 Å². The van der Waals surface area contributed by atoms with Crippen LogP contribution in [0.1, 0.15) is 13.8 Å². The molecule has 0 radical (unpaired) electrons. The molecule has 3 amide bonds. The van der Waals surface area contributed by atoms with Crippen molar-refractivity contribution in [3.8, 4) is 0 Å². The number of nitrogens with zero attached hydrogens (tertiary/aromatic N) is 3. The molecule has 15 heavy (non-hydrogen) atoms. The molecule has 0 rings (SSSR count). The first-order chi connectivity index (χ1) is 6.93. The molecule has 0 aliphatic heterocycles. The van der Waals surface area contributed by atoms with Crippen LogP contribution in [0.4, 0.5) is 4.79 Å². The van der Waals surface area contributed by atoms with Crippen molar-refractivity contribution in [1.82, 2.24) is 14.7 Å². The van der Waals surface area contributed by atoms with Crippen LogP contribution in [-0.2, 0) is 4.79 Å². The molecule has 5 nitrogen and oxygen atoms in total. The van der Waals surface area contributed by atoms with E-state index in [0.29, 0.717) is 13.1 Å². The van der Waals surface area contributed by atoms with Crippen LogP contribution in [0.2, 0.25) is 0 Å². The fourth-order valence-corrected chi connectivity index (χ4v) is 1.29. The molecule has 0 aromatic carbocycles. The molecule has 0 N–H and O–H groups in total. The van der Waals surface area contributed by atoms with E-state index in [9.17, 15) is 9.59 Å². The van der Waals surface area contributed by atoms with Gasteiger partial charge in [0.1, 0.15) is 6.54 Å². The van der Waals surface area contributed by atoms with Gasteiger partial charge >= 0.3 is 6.03 Å². The highest BCUT2D eigenvalue weighted by Crippen LogP contribution is 1.95. The smallest absolute Gasteiger partial charge is 0.319 e. The third-order valence-electron chi connectivity index (χ3n) is 2.20. The van der Waals surface area contributed by atoms with E-state index >= 15 is 0 Å². The van der Waals surface area contributed by atoms with Gasteiger partial charge in [-0.25, -0.2) is 4.79 Å². The first-order valence-corrected chi connectivity index (χ1v) is 5.14. The number of amides is 3. The van der Waals surface area contributed by atoms with Crippen LogP contribution < -0.4 is 0 Å². The molecule has 0 aromatic heterocycles. The van der Waals surface area contributed by atoms with Gasteiger partial charge in [-0.15, -0.1) is 0 Å². The molecular weight excluding hydrogens is 194 g/mol. The van der Waals surface area contributed by atoms with E-state index in [4.69, 9.17) is 0 Å². The predicted octanol–water partition coefficient (Wildman–Crippen LogP) is 0.468. The maximum atomic E-state index is 11.7. The van der Waals surface area contributed by atoms with Gasteiger partial charge in [0.15, 0.2) is 0 Å². The van der Waals surface area contributed by atoms with Gasteiger partial charge < -0.3 is 14.7 Å². The molecule has 0 spiro atoms. The van der Waals surface area contributed by atoms with Crippen molar-refractivity contribution >= 4 is 11.9 Å². The Hall–Kier alpha value is -1.26. The lowest BCUT2D eigenvalue weighted by Gasteiger charge is -2.25. The van der Waals surface area contributed by atoms with Crippen LogP contribution in [0.3, 0.4) is 0 Å². The number of urea groups is 1. The van der Waals surface area contributed by atoms with Crippen LogP contribution in [0.5, 0.6) is 0 Å². The van der Waals surface area contributed by atoms with Crippen LogP contribution >= 0.6 is 0 Å². The fraction of sp³-hybridized carbons (Fsp3) is 0.800. The lowest BCUT2D eigenvalue weighted by atomic mass is 10.4. The zero-order valence-electron chi connectivity index (χ0n) is 10.3. The van der Waals surface area contributed by atoms with Gasteiger partial charge in [-0.3, -0.25) is 4.79 Å². The van der Waals surface area contributed by atoms with E-state index in [1.54, 1.807) is 26.0 Å². The highest BCUT2D eigenvalue weighted by atomic mass is 16.2. The summed E-state index contributed by atoms with van der Waals surface area (Å²) in [7, 11) is 4.96. The second-order valence-electron chi connectivity index (χ2n) is 3.60. The maximum Gasteiger partial charge on any atom is 0.319 e. The third-order valence-corrected chi connectivity index (χ3v) is 2.20. The average Bonchev–Trinajstić information content (AvgIpc) is 2.18. The first-order valence-electron chi connectivity index (χ1n) is 5.14. The maximum absolute atomic E-state index is 11.7. The van der Waals surface area contributed by atoms with Crippen molar-refractivity contribution in [2.24, 2.45) is 0 Å². The molecule has 0 atom stereocenters. The third kappa shape index (κ3) is 4.18. The normalized spacial score (nSPS) is 9.67. The molecule has 0 bridgehead atoms. The largest absolute Gasteiger partial charge is 0.342 e. The summed E-state index contributed by atoms with van der Waals surface area (Å²) in [5, 5.41) is 0. The van der Waals surface area contributed by atoms with E-state index < -0.39 is 0 Å². The standard InChI is InChI=1S/C10H21N3O2/c1-6-13(7-2)9(14)8-12(5)10(15)11(3)4/h6-8H2,1-5H3. The first kappa shape index (κ1) is 13.7. The Kier molecular flexibility index (Phi) is 5.74. The monoisotopic (exact) mass is 215 g/mol. The molecular formula is C10H21N3O2. The van der Waals surface area contributed by atoms with E-state index in [1.165, 1.54) is 9.80 Å². The minimum atomic E-state index is -0.157. The Morgan fingerprint density at radius 2 is 1.47 bits per heavy atom. The Balaban J connectivity index is 4.23. The minimum absolute atomic E-state index is 0.0160. The van der Waals surface area contributed by atoms with Crippen molar-refractivity contribution in [3.63, 3.8) is 0 Å². The highest BCUT2D eigenvalue weighted by Gasteiger charge is 2.17. The van der Waals surface area contributed by atoms with Crippen LogP contribution in [0.15, 0.2) is 0 Å². The average molecular weight is 215 g/mol. The summed E-state index contributed by atoms with van der Waals surface area (Å²) in [5.41, 5.74) is 0. The van der Waals surface area contributed by atoms with Crippen molar-refractivity contribution < 1.29 is 9.59 Å². The Morgan fingerprint density at radius 1 is 1.00 bits per heavy atom. The van der Waals surface area contributed by atoms with Gasteiger partial charge in [-0.2, -0.15) is 0 Å². The Labute approximate surface area is 91.6 Å². The van der Waals surface area contributed by atoms with E-state index in [1.807, 2.05) is 13.8 Å². The van der Waals surface area contributed by atoms with Gasteiger partial charge in [-0.1, -0.05) is 0 Å². The van der Waals surface area contributed by atoms with Crippen molar-refractivity contribution in [1.29, 1.82) is 0 Å². The molecule has 0 fully saturated rings. The Bertz CT molecular complexity index is 225. The molecule has 0 aromatic rings. The van der Waals surface area contributed by atoms with Crippen LogP contribution in [0.25, 0.3) is 0 Å². The quantitative estimate of drug-likeness (QED) is 0.684. The number of rotatable bonds is 4. The predicted molar refractivity (Wildman–Crippen MR) is 59.6 cm³/mol. The summed E-state index contributed by atoms with van der Waals surface area (Å²) in [6.45, 7) is 5.35. The summed E-state index contributed by atoms with van der Waals surface area (Å²) in [4.78, 5) is 27.7. The lowest BCUT2D eigenvalue weighted by molar-refractivity contribution is -0.131. The lowest BCUT2D eigenvalue weighted by Crippen LogP contribution is -2.44. The summed E-state index contributed by atoms with van der Waals surface area (Å²) in [6.07, 6.45) is 0. The number of likely N-dealkylation sites (N-methyl/N-ethyl adjacent to an activating group) is 2. The molecule has 0 heterocycles. The summed E-state index contributed by atoms with van der Waals surface area (Å²) < 4.78 is 0. The Morgan fingerprint density at radius 3 is 1.80 bits per heavy atom. The van der Waals surface area contributed by atoms with Crippen molar-refractivity contribution in [2.45, 2.75) is 13.8 Å². The molecule has 0 unspecified atom stereocenters. The number of carbonyl (C=O) groups excluding carboxylic acids is 2. The summed E-state index contributed by atoms with van der Waals surface area (Å²) in [5.74, 6) is -0.0160. The van der Waals surface area contributed by atoms with E-state index in [0.717, 1.165) is 0 Å². The van der Waals surface area contributed by atoms with Crippen molar-refractivity contribution in [3.05, 3.63) is 0 Å². The SMILES string of the molecule is CCN(CC)C(=O)CN(C)C(=O)N(C)C. The molecule has 88 valence electrons. The zero-order chi connectivity index (χ0) is 12.0. The van der Waals surface area contributed by atoms with Crippen molar-refractivity contribution in [2.75, 3.05) is 40.8 Å². The molecule has 0 saturated heterocycles. The van der Waals surface area contributed by atoms with E-state index in [-0.39, 0.29) is 18.5 Å². The fourth-order valence-electron chi connectivity index (χ4n) is 1.29. The number of hydrogen-bond acceptors (Lipinski definition) is 2. The zero-order valence-corrected chi connectivity index (χ0v) is 10.3. The van der Waals surface area contributed by atoms with E-state index in [2.05, 4.69) is 0 Å². The van der Waals surface area contributed by atoms with Gasteiger partial charge in [-0.05, 0) is 13.8 Å². The second-order valence-corrected chi connectivity index (χ2v) is 3.60. The van der Waals surface area contributed by atoms with Crippen LogP contribution in [0, 0.1) is 0 Å². The van der Waals surface area contributed by atoms with Gasteiger partial charge in [0.2, 0.25) is 5.91 Å². The summed E-state index contributed by atoms with van der Waals surface area (Å²) in [6, 6.07) is -0.157. The van der Waals surface area contributed by atoms with Gasteiger partial charge in [0.25, 0.3) is 0 Å². The topological polar surface area (TPSA) is 43.9 Å².